The van der Waals surface area contributed by atoms with Crippen LogP contribution in [0.5, 0.6) is 0 Å². The second-order valence-electron chi connectivity index (χ2n) is 25.7. The van der Waals surface area contributed by atoms with E-state index in [1.807, 2.05) is 6.08 Å². The van der Waals surface area contributed by atoms with E-state index in [-0.39, 0.29) is 18.9 Å². The molecule has 526 valence electrons. The van der Waals surface area contributed by atoms with Crippen LogP contribution in [0.25, 0.3) is 0 Å². The molecule has 1 amide bonds. The number of carbonyl (C=O) groups excluding carboxylic acids is 1. The number of allylic oxidation sites excluding steroid dienone is 7. The van der Waals surface area contributed by atoms with E-state index in [0.29, 0.717) is 6.42 Å². The van der Waals surface area contributed by atoms with E-state index in [4.69, 9.17) is 28.4 Å². The molecule has 17 unspecified atom stereocenters. The normalized spacial score (nSPS) is 28.3. The van der Waals surface area contributed by atoms with Crippen LogP contribution < -0.4 is 5.32 Å². The minimum atomic E-state index is -1.98. The predicted octanol–water partition coefficient (Wildman–Crippen LogP) is 9.78. The van der Waals surface area contributed by atoms with Crippen molar-refractivity contribution in [3.8, 4) is 0 Å². The standard InChI is InChI=1S/C71H129NO18/c1-3-5-7-9-11-13-15-17-19-21-22-23-24-25-26-27-28-29-30-31-33-34-36-38-40-42-44-46-48-55(76)54(72-59(77)49-47-45-43-41-39-37-35-32-20-18-16-14-12-10-8-6-4-2)53-85-69-65(83)62(80)67(57(51-74)87-69)90-71-66(84)63(81)68(58(52-75)88-71)89-70-64(82)61(79)60(78)56(50-73)86-70/h6,8,12,14,18,20,46,48,54-58,60-71,73-76,78-84H,3-5,7,9-11,13,15-17,19,21-45,47,49-53H2,1-2H3,(H,72,77)/b8-6-,14-12-,20-18-,48-46+. The predicted molar refractivity (Wildman–Crippen MR) is 351 cm³/mol. The minimum Gasteiger partial charge on any atom is -0.394 e. The van der Waals surface area contributed by atoms with E-state index < -0.39 is 124 Å². The van der Waals surface area contributed by atoms with Crippen LogP contribution in [0, 0.1) is 0 Å². The number of carbonyl (C=O) groups is 1. The Hall–Kier alpha value is -2.25. The van der Waals surface area contributed by atoms with Gasteiger partial charge in [0.25, 0.3) is 0 Å². The summed E-state index contributed by atoms with van der Waals surface area (Å²) in [5.74, 6) is -0.285. The fraction of sp³-hybridized carbons (Fsp3) is 0.873. The highest BCUT2D eigenvalue weighted by Gasteiger charge is 2.53. The molecule has 0 radical (unpaired) electrons. The molecule has 90 heavy (non-hydrogen) atoms. The van der Waals surface area contributed by atoms with Crippen LogP contribution in [0.3, 0.4) is 0 Å². The zero-order chi connectivity index (χ0) is 65.4. The molecule has 3 heterocycles. The van der Waals surface area contributed by atoms with E-state index in [9.17, 15) is 61.0 Å². The Morgan fingerprint density at radius 3 is 1.20 bits per heavy atom. The topological polar surface area (TPSA) is 307 Å². The molecular formula is C71H129NO18. The number of amides is 1. The lowest BCUT2D eigenvalue weighted by molar-refractivity contribution is -0.379. The number of aliphatic hydroxyl groups is 11. The van der Waals surface area contributed by atoms with Gasteiger partial charge in [-0.1, -0.05) is 255 Å². The van der Waals surface area contributed by atoms with Crippen molar-refractivity contribution in [2.75, 3.05) is 26.4 Å². The van der Waals surface area contributed by atoms with Gasteiger partial charge in [-0.2, -0.15) is 0 Å². The first kappa shape index (κ1) is 82.0. The third-order valence-electron chi connectivity index (χ3n) is 17.9. The van der Waals surface area contributed by atoms with Crippen LogP contribution in [-0.4, -0.2) is 193 Å². The molecule has 12 N–H and O–H groups in total. The molecule has 0 aliphatic carbocycles. The summed E-state index contributed by atoms with van der Waals surface area (Å²) in [5.41, 5.74) is 0. The molecule has 3 saturated heterocycles. The fourth-order valence-corrected chi connectivity index (χ4v) is 12.1. The second-order valence-corrected chi connectivity index (χ2v) is 25.7. The smallest absolute Gasteiger partial charge is 0.220 e. The second kappa shape index (κ2) is 53.0. The van der Waals surface area contributed by atoms with Crippen LogP contribution in [0.4, 0.5) is 0 Å². The SMILES string of the molecule is CC/C=C\C/C=C\C/C=C\CCCCCCCCCC(=O)NC(COC1OC(CO)C(OC2OC(CO)C(OC3OC(CO)C(O)C(O)C3O)C(O)C2O)C(O)C1O)C(O)/C=C/CCCCCCCCCCCCCCCCCCCCCCCCCCCC. The van der Waals surface area contributed by atoms with Gasteiger partial charge < -0.3 is 89.9 Å². The van der Waals surface area contributed by atoms with Gasteiger partial charge in [0.2, 0.25) is 5.91 Å². The molecule has 3 aliphatic heterocycles. The largest absolute Gasteiger partial charge is 0.394 e. The van der Waals surface area contributed by atoms with Crippen molar-refractivity contribution in [2.45, 2.75) is 369 Å². The molecule has 0 aromatic heterocycles. The van der Waals surface area contributed by atoms with Gasteiger partial charge in [-0.3, -0.25) is 4.79 Å². The van der Waals surface area contributed by atoms with Gasteiger partial charge in [-0.05, 0) is 51.4 Å². The van der Waals surface area contributed by atoms with Gasteiger partial charge in [-0.15, -0.1) is 0 Å². The van der Waals surface area contributed by atoms with Crippen molar-refractivity contribution in [1.29, 1.82) is 0 Å². The molecule has 0 aromatic rings. The quantitative estimate of drug-likeness (QED) is 0.0199. The van der Waals surface area contributed by atoms with Crippen molar-refractivity contribution in [1.82, 2.24) is 5.32 Å². The monoisotopic (exact) mass is 1280 g/mol. The number of aliphatic hydroxyl groups excluding tert-OH is 11. The lowest BCUT2D eigenvalue weighted by Gasteiger charge is -2.48. The molecule has 3 rings (SSSR count). The van der Waals surface area contributed by atoms with Gasteiger partial charge in [0.1, 0.15) is 73.2 Å². The van der Waals surface area contributed by atoms with Gasteiger partial charge in [-0.25, -0.2) is 0 Å². The summed E-state index contributed by atoms with van der Waals surface area (Å²) in [6, 6.07) is -0.981. The Balaban J connectivity index is 1.42. The molecule has 0 aromatic carbocycles. The highest BCUT2D eigenvalue weighted by Crippen LogP contribution is 2.33. The van der Waals surface area contributed by atoms with Crippen molar-refractivity contribution in [3.63, 3.8) is 0 Å². The highest BCUT2D eigenvalue weighted by molar-refractivity contribution is 5.76. The Kier molecular flexibility index (Phi) is 48.2. The first-order valence-corrected chi connectivity index (χ1v) is 35.9. The first-order chi connectivity index (χ1) is 43.8. The molecule has 19 nitrogen and oxygen atoms in total. The number of nitrogens with one attached hydrogen (secondary N) is 1. The van der Waals surface area contributed by atoms with E-state index in [0.717, 1.165) is 89.9 Å². The number of rotatable bonds is 55. The first-order valence-electron chi connectivity index (χ1n) is 35.9. The van der Waals surface area contributed by atoms with Crippen molar-refractivity contribution in [2.24, 2.45) is 0 Å². The van der Waals surface area contributed by atoms with Crippen molar-refractivity contribution >= 4 is 5.91 Å². The minimum absolute atomic E-state index is 0.231. The van der Waals surface area contributed by atoms with Gasteiger partial charge in [0.15, 0.2) is 18.9 Å². The number of hydrogen-bond acceptors (Lipinski definition) is 18. The van der Waals surface area contributed by atoms with Crippen LogP contribution in [-0.2, 0) is 33.2 Å². The average Bonchev–Trinajstić information content (AvgIpc) is 0.847. The molecular weight excluding hydrogens is 1150 g/mol. The summed E-state index contributed by atoms with van der Waals surface area (Å²) < 4.78 is 34.4. The maximum absolute atomic E-state index is 13.4. The molecule has 3 aliphatic rings. The Bertz CT molecular complexity index is 1820. The molecule has 0 bridgehead atoms. The molecule has 0 spiro atoms. The average molecular weight is 1280 g/mol. The fourth-order valence-electron chi connectivity index (χ4n) is 12.1. The summed E-state index contributed by atoms with van der Waals surface area (Å²) in [6.07, 6.45) is 36.7. The van der Waals surface area contributed by atoms with Gasteiger partial charge in [0, 0.05) is 6.42 Å². The van der Waals surface area contributed by atoms with Gasteiger partial charge >= 0.3 is 0 Å². The lowest BCUT2D eigenvalue weighted by Crippen LogP contribution is -2.66. The van der Waals surface area contributed by atoms with Crippen LogP contribution in [0.2, 0.25) is 0 Å². The number of ether oxygens (including phenoxy) is 6. The molecule has 19 heteroatoms. The molecule has 0 saturated carbocycles. The van der Waals surface area contributed by atoms with Crippen molar-refractivity contribution in [3.05, 3.63) is 48.6 Å². The third-order valence-corrected chi connectivity index (χ3v) is 17.9. The van der Waals surface area contributed by atoms with E-state index in [2.05, 4.69) is 55.6 Å². The maximum atomic E-state index is 13.4. The maximum Gasteiger partial charge on any atom is 0.220 e. The highest BCUT2D eigenvalue weighted by atomic mass is 16.8. The van der Waals surface area contributed by atoms with Gasteiger partial charge in [0.05, 0.1) is 38.6 Å². The number of hydrogen-bond donors (Lipinski definition) is 12. The van der Waals surface area contributed by atoms with E-state index in [1.165, 1.54) is 148 Å². The Morgan fingerprint density at radius 2 is 0.767 bits per heavy atom. The van der Waals surface area contributed by atoms with E-state index in [1.54, 1.807) is 6.08 Å². The summed E-state index contributed by atoms with van der Waals surface area (Å²) in [4.78, 5) is 13.4. The van der Waals surface area contributed by atoms with Crippen LogP contribution >= 0.6 is 0 Å². The Morgan fingerprint density at radius 1 is 0.411 bits per heavy atom. The van der Waals surface area contributed by atoms with E-state index >= 15 is 0 Å². The zero-order valence-electron chi connectivity index (χ0n) is 55.6. The summed E-state index contributed by atoms with van der Waals surface area (Å²) in [6.45, 7) is 1.63. The van der Waals surface area contributed by atoms with Crippen molar-refractivity contribution < 1.29 is 89.4 Å². The van der Waals surface area contributed by atoms with Crippen LogP contribution in [0.15, 0.2) is 48.6 Å². The molecule has 3 fully saturated rings. The summed E-state index contributed by atoms with van der Waals surface area (Å²) in [5, 5.41) is 121. The van der Waals surface area contributed by atoms with Crippen LogP contribution in [0.1, 0.15) is 264 Å². The zero-order valence-corrected chi connectivity index (χ0v) is 55.6. The Labute approximate surface area is 542 Å². The lowest BCUT2D eigenvalue weighted by atomic mass is 9.96. The summed E-state index contributed by atoms with van der Waals surface area (Å²) in [7, 11) is 0. The molecule has 17 atom stereocenters. The number of unbranched alkanes of at least 4 members (excludes halogenated alkanes) is 33. The summed E-state index contributed by atoms with van der Waals surface area (Å²) >= 11 is 0. The third kappa shape index (κ3) is 34.4.